The molecule has 0 aliphatic rings. The molecule has 0 unspecified atom stereocenters. The first-order chi connectivity index (χ1) is 17.7. The van der Waals surface area contributed by atoms with Gasteiger partial charge in [0.25, 0.3) is 0 Å². The Balaban J connectivity index is 1.40. The second kappa shape index (κ2) is 9.29. The fraction of sp³-hybridized carbons (Fsp3) is 0.0968. The van der Waals surface area contributed by atoms with E-state index < -0.39 is 0 Å². The molecular weight excluding hydrogens is 444 g/mol. The zero-order valence-corrected chi connectivity index (χ0v) is 20.3. The van der Waals surface area contributed by atoms with Gasteiger partial charge < -0.3 is 10.1 Å². The van der Waals surface area contributed by atoms with Crippen molar-refractivity contribution in [2.24, 2.45) is 0 Å². The fourth-order valence-electron chi connectivity index (χ4n) is 4.67. The molecule has 0 spiro atoms. The zero-order chi connectivity index (χ0) is 24.5. The lowest BCUT2D eigenvalue weighted by Gasteiger charge is -2.10. The minimum Gasteiger partial charge on any atom is -0.497 e. The first kappa shape index (κ1) is 22.0. The summed E-state index contributed by atoms with van der Waals surface area (Å²) in [4.78, 5) is 9.79. The first-order valence-electron chi connectivity index (χ1n) is 12.0. The van der Waals surface area contributed by atoms with Crippen LogP contribution in [0.4, 0.5) is 0 Å². The molecule has 0 radical (unpaired) electrons. The van der Waals surface area contributed by atoms with E-state index in [2.05, 4.69) is 94.8 Å². The third kappa shape index (κ3) is 4.00. The molecule has 0 fully saturated rings. The molecule has 176 valence electrons. The van der Waals surface area contributed by atoms with Gasteiger partial charge in [0.15, 0.2) is 0 Å². The lowest BCUT2D eigenvalue weighted by atomic mass is 10.0. The van der Waals surface area contributed by atoms with Crippen LogP contribution in [-0.2, 0) is 6.54 Å². The van der Waals surface area contributed by atoms with Crippen LogP contribution in [0.15, 0.2) is 103 Å². The van der Waals surface area contributed by atoms with Crippen molar-refractivity contribution in [3.8, 4) is 33.8 Å². The molecule has 0 aliphatic heterocycles. The van der Waals surface area contributed by atoms with Crippen molar-refractivity contribution >= 4 is 21.9 Å². The van der Waals surface area contributed by atoms with Crippen LogP contribution in [0.2, 0.25) is 0 Å². The van der Waals surface area contributed by atoms with E-state index in [9.17, 15) is 0 Å². The van der Waals surface area contributed by atoms with Crippen molar-refractivity contribution in [3.63, 3.8) is 0 Å². The van der Waals surface area contributed by atoms with Crippen molar-refractivity contribution in [1.29, 1.82) is 0 Å². The summed E-state index contributed by atoms with van der Waals surface area (Å²) in [5, 5.41) is 4.31. The predicted octanol–water partition coefficient (Wildman–Crippen LogP) is 6.64. The number of hydrogen-bond donors (Lipinski definition) is 1. The molecule has 1 N–H and O–H groups in total. The minimum absolute atomic E-state index is 0.847. The van der Waals surface area contributed by atoms with E-state index in [0.29, 0.717) is 0 Å². The molecule has 0 atom stereocenters. The molecule has 0 bridgehead atoms. The first-order valence-corrected chi connectivity index (χ1v) is 12.0. The summed E-state index contributed by atoms with van der Waals surface area (Å²) in [6, 6.07) is 33.6. The molecule has 5 nitrogen and oxygen atoms in total. The number of hydrogen-bond acceptors (Lipinski definition) is 4. The Kier molecular flexibility index (Phi) is 5.68. The largest absolute Gasteiger partial charge is 0.497 e. The van der Waals surface area contributed by atoms with E-state index >= 15 is 0 Å². The van der Waals surface area contributed by atoms with E-state index in [1.54, 1.807) is 7.11 Å². The molecular formula is C31H26N4O. The van der Waals surface area contributed by atoms with Crippen LogP contribution in [-0.4, -0.2) is 28.7 Å². The van der Waals surface area contributed by atoms with Crippen LogP contribution in [0.3, 0.4) is 0 Å². The summed E-state index contributed by atoms with van der Waals surface area (Å²) < 4.78 is 7.34. The van der Waals surface area contributed by atoms with E-state index in [-0.39, 0.29) is 0 Å². The van der Waals surface area contributed by atoms with Crippen molar-refractivity contribution < 1.29 is 4.74 Å². The molecule has 6 rings (SSSR count). The Labute approximate surface area is 210 Å². The van der Waals surface area contributed by atoms with Gasteiger partial charge in [0.2, 0.25) is 0 Å². The summed E-state index contributed by atoms with van der Waals surface area (Å²) in [5.41, 5.74) is 8.71. The van der Waals surface area contributed by atoms with Gasteiger partial charge in [-0.3, -0.25) is 4.57 Å². The van der Waals surface area contributed by atoms with Crippen molar-refractivity contribution in [3.05, 3.63) is 109 Å². The maximum atomic E-state index is 5.28. The van der Waals surface area contributed by atoms with Gasteiger partial charge in [0.05, 0.1) is 23.7 Å². The molecule has 2 aromatic heterocycles. The zero-order valence-electron chi connectivity index (χ0n) is 20.3. The SMILES string of the molecule is CNCc1ccc(-c2cccc3ccc(-n4cnc5cc(-c6ccc(OC)cc6)ccc54)nc23)cc1. The highest BCUT2D eigenvalue weighted by molar-refractivity contribution is 5.94. The Hall–Kier alpha value is -4.48. The Morgan fingerprint density at radius 3 is 2.36 bits per heavy atom. The number of ether oxygens (including phenoxy) is 1. The van der Waals surface area contributed by atoms with Gasteiger partial charge in [-0.05, 0) is 65.7 Å². The molecule has 0 saturated heterocycles. The molecule has 6 aromatic rings. The Morgan fingerprint density at radius 2 is 1.58 bits per heavy atom. The Morgan fingerprint density at radius 1 is 0.806 bits per heavy atom. The third-order valence-corrected chi connectivity index (χ3v) is 6.57. The number of pyridine rings is 1. The number of imidazole rings is 1. The van der Waals surface area contributed by atoms with Gasteiger partial charge >= 0.3 is 0 Å². The average molecular weight is 471 g/mol. The molecule has 4 aromatic carbocycles. The van der Waals surface area contributed by atoms with Crippen LogP contribution < -0.4 is 10.1 Å². The number of fused-ring (bicyclic) bond motifs is 2. The Bertz CT molecular complexity index is 1670. The molecule has 0 saturated carbocycles. The standard InChI is InChI=1S/C31H26N4O/c1-32-19-21-6-8-23(9-7-21)27-5-3-4-24-13-17-30(34-31(24)27)35-20-33-28-18-25(12-16-29(28)35)22-10-14-26(36-2)15-11-22/h3-18,20,32H,19H2,1-2H3. The fourth-order valence-corrected chi connectivity index (χ4v) is 4.67. The van der Waals surface area contributed by atoms with Crippen molar-refractivity contribution in [2.45, 2.75) is 6.54 Å². The number of benzene rings is 4. The molecule has 2 heterocycles. The topological polar surface area (TPSA) is 52.0 Å². The van der Waals surface area contributed by atoms with Gasteiger partial charge in [-0.25, -0.2) is 9.97 Å². The van der Waals surface area contributed by atoms with Crippen LogP contribution in [0.1, 0.15) is 5.56 Å². The van der Waals surface area contributed by atoms with Crippen LogP contribution in [0, 0.1) is 0 Å². The number of nitrogens with zero attached hydrogens (tertiary/aromatic N) is 3. The van der Waals surface area contributed by atoms with E-state index in [1.165, 1.54) is 5.56 Å². The predicted molar refractivity (Wildman–Crippen MR) is 147 cm³/mol. The average Bonchev–Trinajstić information content (AvgIpc) is 3.36. The van der Waals surface area contributed by atoms with Gasteiger partial charge in [0.1, 0.15) is 17.9 Å². The second-order valence-electron chi connectivity index (χ2n) is 8.82. The molecule has 0 amide bonds. The number of para-hydroxylation sites is 1. The van der Waals surface area contributed by atoms with Crippen LogP contribution in [0.25, 0.3) is 50.0 Å². The molecule has 36 heavy (non-hydrogen) atoms. The number of nitrogens with one attached hydrogen (secondary N) is 1. The quantitative estimate of drug-likeness (QED) is 0.297. The summed E-state index contributed by atoms with van der Waals surface area (Å²) >= 11 is 0. The summed E-state index contributed by atoms with van der Waals surface area (Å²) in [5.74, 6) is 1.70. The van der Waals surface area contributed by atoms with Gasteiger partial charge in [0, 0.05) is 17.5 Å². The van der Waals surface area contributed by atoms with Gasteiger partial charge in [-0.2, -0.15) is 0 Å². The van der Waals surface area contributed by atoms with E-state index in [4.69, 9.17) is 14.7 Å². The van der Waals surface area contributed by atoms with Crippen LogP contribution >= 0.6 is 0 Å². The second-order valence-corrected chi connectivity index (χ2v) is 8.82. The maximum Gasteiger partial charge on any atom is 0.139 e. The smallest absolute Gasteiger partial charge is 0.139 e. The molecule has 0 aliphatic carbocycles. The summed E-state index contributed by atoms with van der Waals surface area (Å²) in [6.45, 7) is 0.853. The summed E-state index contributed by atoms with van der Waals surface area (Å²) in [7, 11) is 3.64. The lowest BCUT2D eigenvalue weighted by Crippen LogP contribution is -2.04. The minimum atomic E-state index is 0.847. The van der Waals surface area contributed by atoms with E-state index in [0.717, 1.165) is 62.3 Å². The summed E-state index contributed by atoms with van der Waals surface area (Å²) in [6.07, 6.45) is 1.85. The van der Waals surface area contributed by atoms with Crippen LogP contribution in [0.5, 0.6) is 5.75 Å². The number of aromatic nitrogens is 3. The lowest BCUT2D eigenvalue weighted by molar-refractivity contribution is 0.415. The molecule has 5 heteroatoms. The monoisotopic (exact) mass is 470 g/mol. The highest BCUT2D eigenvalue weighted by Crippen LogP contribution is 2.30. The highest BCUT2D eigenvalue weighted by Gasteiger charge is 2.11. The van der Waals surface area contributed by atoms with Gasteiger partial charge in [-0.1, -0.05) is 60.7 Å². The maximum absolute atomic E-state index is 5.28. The van der Waals surface area contributed by atoms with Crippen molar-refractivity contribution in [2.75, 3.05) is 14.2 Å². The number of rotatable bonds is 6. The highest BCUT2D eigenvalue weighted by atomic mass is 16.5. The number of methoxy groups -OCH3 is 1. The van der Waals surface area contributed by atoms with Crippen molar-refractivity contribution in [1.82, 2.24) is 19.9 Å². The van der Waals surface area contributed by atoms with Gasteiger partial charge in [-0.15, -0.1) is 0 Å². The third-order valence-electron chi connectivity index (χ3n) is 6.57. The normalized spacial score (nSPS) is 11.3. The van der Waals surface area contributed by atoms with E-state index in [1.807, 2.05) is 25.5 Å².